The van der Waals surface area contributed by atoms with Crippen LogP contribution in [0.3, 0.4) is 0 Å². The highest BCUT2D eigenvalue weighted by molar-refractivity contribution is 5.96. The lowest BCUT2D eigenvalue weighted by Gasteiger charge is -2.21. The second-order valence-electron chi connectivity index (χ2n) is 7.55. The van der Waals surface area contributed by atoms with E-state index in [4.69, 9.17) is 10.5 Å². The van der Waals surface area contributed by atoms with E-state index < -0.39 is 17.5 Å². The van der Waals surface area contributed by atoms with Crippen molar-refractivity contribution >= 4 is 23.1 Å². The summed E-state index contributed by atoms with van der Waals surface area (Å²) >= 11 is 0. The van der Waals surface area contributed by atoms with Crippen molar-refractivity contribution in [2.75, 3.05) is 23.8 Å². The largest absolute Gasteiger partial charge is 0.381 e. The van der Waals surface area contributed by atoms with Crippen LogP contribution in [0.4, 0.5) is 26.0 Å². The molecule has 4 N–H and O–H groups in total. The Morgan fingerprint density at radius 1 is 1.25 bits per heavy atom. The van der Waals surface area contributed by atoms with Crippen molar-refractivity contribution in [3.8, 4) is 0 Å². The van der Waals surface area contributed by atoms with Gasteiger partial charge in [0, 0.05) is 44.1 Å². The fourth-order valence-corrected chi connectivity index (χ4v) is 3.51. The Bertz CT molecular complexity index is 1100. The number of nitrogens with zero attached hydrogens (tertiary/aromatic N) is 4. The predicted molar refractivity (Wildman–Crippen MR) is 113 cm³/mol. The number of carbonyl (C=O) groups excluding carboxylic acids is 1. The maximum Gasteiger partial charge on any atom is 0.271 e. The number of hydrogen-bond acceptors (Lipinski definition) is 7. The fraction of sp³-hybridized carbons (Fsp3) is 0.333. The molecule has 0 aliphatic carbocycles. The first-order chi connectivity index (χ1) is 15.5. The first kappa shape index (κ1) is 21.6. The summed E-state index contributed by atoms with van der Waals surface area (Å²) in [5, 5.41) is 18.2. The van der Waals surface area contributed by atoms with Crippen molar-refractivity contribution in [2.24, 2.45) is 11.7 Å². The Kier molecular flexibility index (Phi) is 6.55. The molecule has 1 aromatic carbocycles. The van der Waals surface area contributed by atoms with Crippen molar-refractivity contribution in [1.82, 2.24) is 20.0 Å². The number of carbonyl (C=O) groups is 1. The van der Waals surface area contributed by atoms with Crippen LogP contribution in [0.2, 0.25) is 0 Å². The molecule has 3 aromatic rings. The number of benzene rings is 1. The van der Waals surface area contributed by atoms with Crippen molar-refractivity contribution in [1.29, 1.82) is 0 Å². The molecule has 1 saturated heterocycles. The third-order valence-corrected chi connectivity index (χ3v) is 5.22. The number of anilines is 3. The van der Waals surface area contributed by atoms with Crippen LogP contribution < -0.4 is 16.4 Å². The van der Waals surface area contributed by atoms with E-state index in [1.54, 1.807) is 6.20 Å². The van der Waals surface area contributed by atoms with E-state index in [2.05, 4.69) is 25.9 Å². The van der Waals surface area contributed by atoms with E-state index in [1.807, 2.05) is 10.9 Å². The van der Waals surface area contributed by atoms with E-state index >= 15 is 0 Å². The highest BCUT2D eigenvalue weighted by Crippen LogP contribution is 2.22. The van der Waals surface area contributed by atoms with Gasteiger partial charge in [-0.1, -0.05) is 12.1 Å². The van der Waals surface area contributed by atoms with Gasteiger partial charge in [0.15, 0.2) is 23.1 Å². The van der Waals surface area contributed by atoms with Gasteiger partial charge in [0.1, 0.15) is 0 Å². The Hall–Kier alpha value is -3.60. The number of nitrogens with one attached hydrogen (secondary N) is 2. The summed E-state index contributed by atoms with van der Waals surface area (Å²) in [7, 11) is 0. The minimum atomic E-state index is -0.960. The Balaban J connectivity index is 1.46. The van der Waals surface area contributed by atoms with E-state index in [0.717, 1.165) is 38.7 Å². The van der Waals surface area contributed by atoms with Crippen molar-refractivity contribution in [3.63, 3.8) is 0 Å². The third-order valence-electron chi connectivity index (χ3n) is 5.22. The molecule has 0 unspecified atom stereocenters. The number of ether oxygens (including phenoxy) is 1. The predicted octanol–water partition coefficient (Wildman–Crippen LogP) is 2.83. The first-order valence-corrected chi connectivity index (χ1v) is 10.2. The minimum Gasteiger partial charge on any atom is -0.381 e. The topological polar surface area (TPSA) is 120 Å². The Morgan fingerprint density at radius 3 is 2.84 bits per heavy atom. The van der Waals surface area contributed by atoms with E-state index in [0.29, 0.717) is 17.4 Å². The van der Waals surface area contributed by atoms with Crippen LogP contribution in [0.5, 0.6) is 0 Å². The molecule has 3 heterocycles. The smallest absolute Gasteiger partial charge is 0.271 e. The van der Waals surface area contributed by atoms with Gasteiger partial charge in [0.05, 0.1) is 17.6 Å². The molecule has 11 heteroatoms. The molecule has 32 heavy (non-hydrogen) atoms. The molecule has 2 aromatic heterocycles. The highest BCUT2D eigenvalue weighted by atomic mass is 19.2. The molecular weight excluding hydrogens is 420 g/mol. The van der Waals surface area contributed by atoms with Gasteiger partial charge in [-0.05, 0) is 24.8 Å². The van der Waals surface area contributed by atoms with E-state index in [9.17, 15) is 13.6 Å². The zero-order chi connectivity index (χ0) is 22.5. The average Bonchev–Trinajstić information content (AvgIpc) is 3.22. The monoisotopic (exact) mass is 443 g/mol. The van der Waals surface area contributed by atoms with Crippen LogP contribution in [-0.2, 0) is 17.8 Å². The second-order valence-corrected chi connectivity index (χ2v) is 7.55. The summed E-state index contributed by atoms with van der Waals surface area (Å²) in [6.45, 7) is 2.27. The molecule has 1 amide bonds. The number of hydrogen-bond donors (Lipinski definition) is 3. The standard InChI is InChI=1S/C21H23F2N7O2/c22-16-3-1-2-14(19(16)23)9-25-17-8-18(28-29-20(17)21(24)31)27-15-10-26-30(12-15)11-13-4-6-32-7-5-13/h1-3,8,10,12-13H,4-7,9,11H2,(H2,24,31)(H2,25,27,28). The van der Waals surface area contributed by atoms with Gasteiger partial charge < -0.3 is 21.1 Å². The summed E-state index contributed by atoms with van der Waals surface area (Å²) < 4.78 is 34.6. The number of rotatable bonds is 8. The Morgan fingerprint density at radius 2 is 2.06 bits per heavy atom. The highest BCUT2D eigenvalue weighted by Gasteiger charge is 2.16. The van der Waals surface area contributed by atoms with Crippen LogP contribution >= 0.6 is 0 Å². The number of aromatic nitrogens is 4. The maximum absolute atomic E-state index is 13.9. The van der Waals surface area contributed by atoms with Gasteiger partial charge in [-0.3, -0.25) is 9.48 Å². The molecule has 0 radical (unpaired) electrons. The molecule has 1 fully saturated rings. The molecule has 1 aliphatic rings. The van der Waals surface area contributed by atoms with E-state index in [-0.39, 0.29) is 23.5 Å². The minimum absolute atomic E-state index is 0.0714. The number of halogens is 2. The molecule has 4 rings (SSSR count). The molecule has 0 spiro atoms. The van der Waals surface area contributed by atoms with Gasteiger partial charge in [-0.15, -0.1) is 10.2 Å². The van der Waals surface area contributed by atoms with Crippen molar-refractivity contribution in [2.45, 2.75) is 25.9 Å². The molecular formula is C21H23F2N7O2. The molecule has 168 valence electrons. The van der Waals surface area contributed by atoms with Gasteiger partial charge >= 0.3 is 0 Å². The lowest BCUT2D eigenvalue weighted by Crippen LogP contribution is -2.20. The third kappa shape index (κ3) is 5.17. The quantitative estimate of drug-likeness (QED) is 0.490. The molecule has 0 bridgehead atoms. The van der Waals surface area contributed by atoms with Crippen LogP contribution in [0.25, 0.3) is 0 Å². The zero-order valence-corrected chi connectivity index (χ0v) is 17.2. The summed E-state index contributed by atoms with van der Waals surface area (Å²) in [6, 6.07) is 5.40. The van der Waals surface area contributed by atoms with Gasteiger partial charge in [-0.25, -0.2) is 8.78 Å². The van der Waals surface area contributed by atoms with Gasteiger partial charge in [-0.2, -0.15) is 5.10 Å². The molecule has 0 saturated carbocycles. The van der Waals surface area contributed by atoms with Gasteiger partial charge in [0.2, 0.25) is 0 Å². The normalized spacial score (nSPS) is 14.3. The molecule has 9 nitrogen and oxygen atoms in total. The summed E-state index contributed by atoms with van der Waals surface area (Å²) in [5.41, 5.74) is 6.30. The molecule has 0 atom stereocenters. The van der Waals surface area contributed by atoms with Gasteiger partial charge in [0.25, 0.3) is 5.91 Å². The summed E-state index contributed by atoms with van der Waals surface area (Å²) in [4.78, 5) is 11.7. The zero-order valence-electron chi connectivity index (χ0n) is 17.2. The fourth-order valence-electron chi connectivity index (χ4n) is 3.51. The van der Waals surface area contributed by atoms with Crippen molar-refractivity contribution < 1.29 is 18.3 Å². The average molecular weight is 443 g/mol. The molecule has 1 aliphatic heterocycles. The van der Waals surface area contributed by atoms with Crippen LogP contribution in [-0.4, -0.2) is 39.1 Å². The lowest BCUT2D eigenvalue weighted by atomic mass is 10.0. The van der Waals surface area contributed by atoms with E-state index in [1.165, 1.54) is 18.2 Å². The lowest BCUT2D eigenvalue weighted by molar-refractivity contribution is 0.0601. The number of amides is 1. The van der Waals surface area contributed by atoms with Crippen LogP contribution in [0, 0.1) is 17.6 Å². The Labute approximate surface area is 183 Å². The van der Waals surface area contributed by atoms with Crippen molar-refractivity contribution in [3.05, 3.63) is 59.6 Å². The van der Waals surface area contributed by atoms with Crippen LogP contribution in [0.15, 0.2) is 36.7 Å². The SMILES string of the molecule is NC(=O)c1nnc(Nc2cnn(CC3CCOCC3)c2)cc1NCc1cccc(F)c1F. The number of nitrogens with two attached hydrogens (primary N) is 1. The maximum atomic E-state index is 13.9. The first-order valence-electron chi connectivity index (χ1n) is 10.2. The summed E-state index contributed by atoms with van der Waals surface area (Å²) in [5.74, 6) is -1.85. The second kappa shape index (κ2) is 9.69. The van der Waals surface area contributed by atoms with Crippen LogP contribution in [0.1, 0.15) is 28.9 Å². The summed E-state index contributed by atoms with van der Waals surface area (Å²) in [6.07, 6.45) is 5.53. The number of primary amides is 1.